The van der Waals surface area contributed by atoms with Crippen LogP contribution in [0.4, 0.5) is 24.7 Å². The summed E-state index contributed by atoms with van der Waals surface area (Å²) in [6.45, 7) is 0.896. The van der Waals surface area contributed by atoms with E-state index >= 15 is 0 Å². The van der Waals surface area contributed by atoms with Gasteiger partial charge in [0.15, 0.2) is 0 Å². The number of halogens is 3. The number of nitrogens with zero attached hydrogens (tertiary/aromatic N) is 4. The molecule has 4 heterocycles. The molecule has 0 aliphatic carbocycles. The number of pyridine rings is 1. The Hall–Kier alpha value is -5.29. The highest BCUT2D eigenvalue weighted by Crippen LogP contribution is 2.34. The predicted octanol–water partition coefficient (Wildman–Crippen LogP) is 4.92. The van der Waals surface area contributed by atoms with Gasteiger partial charge in [0.2, 0.25) is 21.8 Å². The van der Waals surface area contributed by atoms with Crippen molar-refractivity contribution in [3.05, 3.63) is 83.9 Å². The normalized spacial score (nSPS) is 16.2. The van der Waals surface area contributed by atoms with Gasteiger partial charge in [-0.1, -0.05) is 12.8 Å². The quantitative estimate of drug-likeness (QED) is 0.120. The van der Waals surface area contributed by atoms with Gasteiger partial charge in [-0.05, 0) is 73.4 Å². The average molecular weight is 740 g/mol. The number of unbranched alkanes of at least 4 members (excludes halogenated alkanes) is 3. The highest BCUT2D eigenvalue weighted by Gasteiger charge is 2.39. The Balaban J connectivity index is 0.968. The molecule has 1 saturated heterocycles. The van der Waals surface area contributed by atoms with Crippen molar-refractivity contribution in [2.45, 2.75) is 62.2 Å². The summed E-state index contributed by atoms with van der Waals surface area (Å²) in [4.78, 5) is 46.3. The maximum Gasteiger partial charge on any atom is 0.417 e. The zero-order valence-corrected chi connectivity index (χ0v) is 28.9. The van der Waals surface area contributed by atoms with Crippen LogP contribution < -0.4 is 20.1 Å². The molecule has 2 aliphatic heterocycles. The molecule has 3 amide bonds. The first-order valence-corrected chi connectivity index (χ1v) is 18.1. The summed E-state index contributed by atoms with van der Waals surface area (Å²) in [6.07, 6.45) is 2.76. The number of hydrogen-bond donors (Lipinski definition) is 3. The molecule has 2 aliphatic rings. The number of imidazole rings is 1. The van der Waals surface area contributed by atoms with Crippen LogP contribution in [0.15, 0.2) is 72.1 Å². The highest BCUT2D eigenvalue weighted by molar-refractivity contribution is 7.89. The number of carbonyl (C=O) groups is 3. The number of aryl methyl sites for hydroxylation is 1. The standard InChI is InChI=1S/C35H36F3N7O6S/c1-44-20-29(40-21-44)27-17-25(8-10-28(27)42-31-12-6-23(18-39-31)35(36,37)38)52(49,50)41-14-4-2-3-5-15-51-24-7-9-26-22(16-24)19-45(34(26)48)30-11-13-32(46)43-33(30)47/h6-10,12,16-18,20-21,30,41H,2-5,11,13-15,19H2,1H3,(H,39,42)(H,43,46,47). The molecule has 274 valence electrons. The SMILES string of the molecule is Cn1cnc(-c2cc(S(=O)(=O)NCCCCCCOc3ccc4c(c3)CN(C3CCC(=O)NC3=O)C4=O)ccc2Nc2ccc(C(F)(F)F)cn2)c1. The number of aromatic nitrogens is 3. The number of amides is 3. The maximum atomic E-state index is 13.2. The minimum absolute atomic E-state index is 0.00348. The van der Waals surface area contributed by atoms with Crippen LogP contribution in [0, 0.1) is 0 Å². The van der Waals surface area contributed by atoms with Gasteiger partial charge in [-0.15, -0.1) is 0 Å². The van der Waals surface area contributed by atoms with Crippen molar-refractivity contribution in [2.24, 2.45) is 7.05 Å². The number of sulfonamides is 1. The van der Waals surface area contributed by atoms with Gasteiger partial charge in [-0.3, -0.25) is 19.7 Å². The fourth-order valence-electron chi connectivity index (χ4n) is 6.04. The molecular formula is C35H36F3N7O6S. The van der Waals surface area contributed by atoms with Crippen LogP contribution in [0.2, 0.25) is 0 Å². The van der Waals surface area contributed by atoms with Crippen LogP contribution in [0.1, 0.15) is 60.0 Å². The van der Waals surface area contributed by atoms with Crippen molar-refractivity contribution in [2.75, 3.05) is 18.5 Å². The minimum atomic E-state index is -4.52. The molecule has 1 unspecified atom stereocenters. The van der Waals surface area contributed by atoms with E-state index in [1.54, 1.807) is 42.3 Å². The van der Waals surface area contributed by atoms with E-state index in [0.29, 0.717) is 47.7 Å². The predicted molar refractivity (Wildman–Crippen MR) is 183 cm³/mol. The van der Waals surface area contributed by atoms with Crippen molar-refractivity contribution in [3.63, 3.8) is 0 Å². The van der Waals surface area contributed by atoms with Gasteiger partial charge >= 0.3 is 6.18 Å². The topological polar surface area (TPSA) is 165 Å². The molecule has 0 spiro atoms. The number of imide groups is 1. The lowest BCUT2D eigenvalue weighted by atomic mass is 10.0. The first-order chi connectivity index (χ1) is 24.8. The van der Waals surface area contributed by atoms with Crippen LogP contribution in [-0.4, -0.2) is 64.8 Å². The number of fused-ring (bicyclic) bond motifs is 1. The molecule has 0 radical (unpaired) electrons. The molecule has 1 fully saturated rings. The number of ether oxygens (including phenoxy) is 1. The van der Waals surface area contributed by atoms with E-state index in [2.05, 4.69) is 25.3 Å². The van der Waals surface area contributed by atoms with Crippen molar-refractivity contribution in [3.8, 4) is 17.0 Å². The van der Waals surface area contributed by atoms with Crippen LogP contribution in [-0.2, 0) is 39.4 Å². The van der Waals surface area contributed by atoms with Gasteiger partial charge in [0, 0.05) is 55.8 Å². The number of anilines is 2. The third-order valence-electron chi connectivity index (χ3n) is 8.76. The summed E-state index contributed by atoms with van der Waals surface area (Å²) in [6, 6.07) is 11.0. The van der Waals surface area contributed by atoms with Crippen molar-refractivity contribution in [1.29, 1.82) is 0 Å². The van der Waals surface area contributed by atoms with Gasteiger partial charge in [0.1, 0.15) is 17.6 Å². The lowest BCUT2D eigenvalue weighted by molar-refractivity contribution is -0.138. The smallest absolute Gasteiger partial charge is 0.417 e. The molecule has 3 N–H and O–H groups in total. The van der Waals surface area contributed by atoms with Gasteiger partial charge in [-0.25, -0.2) is 23.1 Å². The van der Waals surface area contributed by atoms with E-state index in [1.807, 2.05) is 0 Å². The molecule has 4 aromatic rings. The molecule has 0 saturated carbocycles. The Bertz CT molecular complexity index is 2090. The summed E-state index contributed by atoms with van der Waals surface area (Å²) >= 11 is 0. The lowest BCUT2D eigenvalue weighted by Crippen LogP contribution is -2.52. The molecular weight excluding hydrogens is 703 g/mol. The summed E-state index contributed by atoms with van der Waals surface area (Å²) < 4.78 is 75.5. The summed E-state index contributed by atoms with van der Waals surface area (Å²) in [7, 11) is -2.14. The second kappa shape index (κ2) is 15.1. The first kappa shape index (κ1) is 36.5. The molecule has 13 nitrogen and oxygen atoms in total. The molecule has 6 rings (SSSR count). The molecule has 2 aromatic heterocycles. The van der Waals surface area contributed by atoms with Crippen LogP contribution >= 0.6 is 0 Å². The molecule has 17 heteroatoms. The number of piperidine rings is 1. The first-order valence-electron chi connectivity index (χ1n) is 16.6. The number of rotatable bonds is 14. The fourth-order valence-corrected chi connectivity index (χ4v) is 7.14. The molecule has 0 bridgehead atoms. The van der Waals surface area contributed by atoms with E-state index in [-0.39, 0.29) is 42.0 Å². The third kappa shape index (κ3) is 8.42. The largest absolute Gasteiger partial charge is 0.494 e. The second-order valence-electron chi connectivity index (χ2n) is 12.6. The van der Waals surface area contributed by atoms with Crippen LogP contribution in [0.5, 0.6) is 5.75 Å². The van der Waals surface area contributed by atoms with Gasteiger partial charge in [-0.2, -0.15) is 13.2 Å². The summed E-state index contributed by atoms with van der Waals surface area (Å²) in [5.41, 5.74) is 1.67. The Morgan fingerprint density at radius 1 is 0.981 bits per heavy atom. The lowest BCUT2D eigenvalue weighted by Gasteiger charge is -2.29. The van der Waals surface area contributed by atoms with Crippen molar-refractivity contribution >= 4 is 39.3 Å². The molecule has 52 heavy (non-hydrogen) atoms. The third-order valence-corrected chi connectivity index (χ3v) is 10.2. The van der Waals surface area contributed by atoms with Gasteiger partial charge < -0.3 is 19.5 Å². The van der Waals surface area contributed by atoms with Crippen molar-refractivity contribution < 1.29 is 40.7 Å². The van der Waals surface area contributed by atoms with E-state index in [0.717, 1.165) is 37.1 Å². The van der Waals surface area contributed by atoms with Gasteiger partial charge in [0.05, 0.1) is 29.1 Å². The highest BCUT2D eigenvalue weighted by atomic mass is 32.2. The van der Waals surface area contributed by atoms with Crippen LogP contribution in [0.25, 0.3) is 11.3 Å². The number of nitrogens with one attached hydrogen (secondary N) is 3. The van der Waals surface area contributed by atoms with E-state index in [1.165, 1.54) is 29.2 Å². The summed E-state index contributed by atoms with van der Waals surface area (Å²) in [5.74, 6) is -0.295. The Kier molecular flexibility index (Phi) is 10.6. The van der Waals surface area contributed by atoms with E-state index in [9.17, 15) is 36.0 Å². The Morgan fingerprint density at radius 3 is 2.50 bits per heavy atom. The van der Waals surface area contributed by atoms with Gasteiger partial charge in [0.25, 0.3) is 5.91 Å². The minimum Gasteiger partial charge on any atom is -0.494 e. The zero-order chi connectivity index (χ0) is 37.0. The van der Waals surface area contributed by atoms with E-state index < -0.39 is 33.7 Å². The molecule has 1 atom stereocenters. The number of benzene rings is 2. The monoisotopic (exact) mass is 739 g/mol. The number of carbonyl (C=O) groups excluding carboxylic acids is 3. The number of hydrogen-bond acceptors (Lipinski definition) is 9. The molecule has 2 aromatic carbocycles. The Labute approximate surface area is 297 Å². The Morgan fingerprint density at radius 2 is 1.79 bits per heavy atom. The van der Waals surface area contributed by atoms with E-state index in [4.69, 9.17) is 4.74 Å². The summed E-state index contributed by atoms with van der Waals surface area (Å²) in [5, 5.41) is 5.26. The average Bonchev–Trinajstić information content (AvgIpc) is 3.68. The fraction of sp³-hybridized carbons (Fsp3) is 0.343. The van der Waals surface area contributed by atoms with Crippen molar-refractivity contribution in [1.82, 2.24) is 29.5 Å². The maximum absolute atomic E-state index is 13.2. The van der Waals surface area contributed by atoms with Crippen LogP contribution in [0.3, 0.4) is 0 Å². The second-order valence-corrected chi connectivity index (χ2v) is 14.3. The number of alkyl halides is 3. The zero-order valence-electron chi connectivity index (χ0n) is 28.1.